The van der Waals surface area contributed by atoms with Crippen LogP contribution in [0.3, 0.4) is 0 Å². The fraction of sp³-hybridized carbons (Fsp3) is 0.750. The summed E-state index contributed by atoms with van der Waals surface area (Å²) in [4.78, 5) is 11.5. The quantitative estimate of drug-likeness (QED) is 0.871. The number of aromatic nitrogens is 2. The van der Waals surface area contributed by atoms with Crippen molar-refractivity contribution in [3.8, 4) is 0 Å². The maximum atomic E-state index is 5.46. The molecule has 2 heterocycles. The number of rotatable bonds is 6. The van der Waals surface area contributed by atoms with Gasteiger partial charge in [-0.2, -0.15) is 0 Å². The van der Waals surface area contributed by atoms with Crippen LogP contribution in [-0.2, 0) is 4.74 Å². The molecule has 5 heteroatoms. The molecular weight excluding hydrogens is 264 g/mol. The highest BCUT2D eigenvalue weighted by Crippen LogP contribution is 2.14. The minimum Gasteiger partial charge on any atom is -0.379 e. The number of nitrogens with zero attached hydrogens (tertiary/aromatic N) is 3. The molecule has 1 N–H and O–H groups in total. The van der Waals surface area contributed by atoms with Crippen molar-refractivity contribution in [2.75, 3.05) is 38.2 Å². The number of ether oxygens (including phenoxy) is 1. The van der Waals surface area contributed by atoms with Crippen LogP contribution in [0.4, 0.5) is 5.95 Å². The van der Waals surface area contributed by atoms with E-state index in [-0.39, 0.29) is 0 Å². The van der Waals surface area contributed by atoms with Gasteiger partial charge in [0.2, 0.25) is 5.95 Å². The summed E-state index contributed by atoms with van der Waals surface area (Å²) < 4.78 is 5.46. The molecule has 2 rings (SSSR count). The van der Waals surface area contributed by atoms with Crippen LogP contribution in [0.1, 0.15) is 31.7 Å². The molecule has 0 aromatic carbocycles. The van der Waals surface area contributed by atoms with Gasteiger partial charge in [0.1, 0.15) is 0 Å². The van der Waals surface area contributed by atoms with E-state index in [0.717, 1.165) is 50.2 Å². The van der Waals surface area contributed by atoms with E-state index in [0.29, 0.717) is 12.0 Å². The van der Waals surface area contributed by atoms with Gasteiger partial charge in [-0.25, -0.2) is 9.97 Å². The number of nitrogens with one attached hydrogen (secondary N) is 1. The highest BCUT2D eigenvalue weighted by molar-refractivity contribution is 5.27. The molecule has 0 unspecified atom stereocenters. The normalized spacial score (nSPS) is 18.0. The zero-order valence-corrected chi connectivity index (χ0v) is 13.7. The summed E-state index contributed by atoms with van der Waals surface area (Å²) in [5.41, 5.74) is 2.02. The van der Waals surface area contributed by atoms with Gasteiger partial charge in [-0.3, -0.25) is 4.90 Å². The summed E-state index contributed by atoms with van der Waals surface area (Å²) in [5.74, 6) is 1.43. The van der Waals surface area contributed by atoms with E-state index < -0.39 is 0 Å². The summed E-state index contributed by atoms with van der Waals surface area (Å²) in [6.45, 7) is 13.2. The molecule has 1 saturated heterocycles. The van der Waals surface area contributed by atoms with E-state index in [2.05, 4.69) is 34.0 Å². The lowest BCUT2D eigenvalue weighted by Crippen LogP contribution is -2.47. The summed E-state index contributed by atoms with van der Waals surface area (Å²) >= 11 is 0. The Hall–Kier alpha value is -1.20. The highest BCUT2D eigenvalue weighted by Gasteiger charge is 2.22. The SMILES string of the molecule is Cc1cc(C)nc(NC[C@H](CC(C)C)N2CCOCC2)n1. The van der Waals surface area contributed by atoms with Gasteiger partial charge < -0.3 is 10.1 Å². The molecule has 1 aliphatic heterocycles. The molecule has 0 amide bonds. The van der Waals surface area contributed by atoms with Gasteiger partial charge in [0, 0.05) is 37.1 Å². The van der Waals surface area contributed by atoms with E-state index in [9.17, 15) is 0 Å². The van der Waals surface area contributed by atoms with Gasteiger partial charge >= 0.3 is 0 Å². The second kappa shape index (κ2) is 7.71. The van der Waals surface area contributed by atoms with Crippen LogP contribution in [0, 0.1) is 19.8 Å². The van der Waals surface area contributed by atoms with Crippen LogP contribution in [0.25, 0.3) is 0 Å². The van der Waals surface area contributed by atoms with Crippen molar-refractivity contribution >= 4 is 5.95 Å². The standard InChI is InChI=1S/C16H28N4O/c1-12(2)9-15(20-5-7-21-8-6-20)11-17-16-18-13(3)10-14(4)19-16/h10,12,15H,5-9,11H2,1-4H3,(H,17,18,19)/t15-/m0/s1. The van der Waals surface area contributed by atoms with E-state index in [4.69, 9.17) is 4.74 Å². The molecule has 0 spiro atoms. The van der Waals surface area contributed by atoms with Crippen LogP contribution in [0.5, 0.6) is 0 Å². The lowest BCUT2D eigenvalue weighted by Gasteiger charge is -2.35. The lowest BCUT2D eigenvalue weighted by atomic mass is 10.0. The molecule has 0 aliphatic carbocycles. The van der Waals surface area contributed by atoms with E-state index in [1.807, 2.05) is 19.9 Å². The Bertz CT molecular complexity index is 424. The minimum atomic E-state index is 0.512. The summed E-state index contributed by atoms with van der Waals surface area (Å²) in [6, 6.07) is 2.51. The first-order valence-electron chi connectivity index (χ1n) is 7.92. The van der Waals surface area contributed by atoms with Gasteiger partial charge in [-0.15, -0.1) is 0 Å². The van der Waals surface area contributed by atoms with Gasteiger partial charge in [-0.05, 0) is 32.3 Å². The average molecular weight is 292 g/mol. The van der Waals surface area contributed by atoms with E-state index in [1.54, 1.807) is 0 Å². The number of hydrogen-bond acceptors (Lipinski definition) is 5. The Labute approximate surface area is 128 Å². The van der Waals surface area contributed by atoms with Gasteiger partial charge in [0.05, 0.1) is 13.2 Å². The molecule has 1 aromatic rings. The summed E-state index contributed by atoms with van der Waals surface area (Å²) in [5, 5.41) is 3.42. The van der Waals surface area contributed by atoms with Crippen LogP contribution in [0.2, 0.25) is 0 Å². The average Bonchev–Trinajstić information content (AvgIpc) is 2.43. The predicted octanol–water partition coefficient (Wildman–Crippen LogP) is 2.25. The third-order valence-corrected chi connectivity index (χ3v) is 3.78. The van der Waals surface area contributed by atoms with Crippen molar-refractivity contribution in [1.82, 2.24) is 14.9 Å². The Balaban J connectivity index is 1.97. The molecule has 1 aromatic heterocycles. The first-order valence-corrected chi connectivity index (χ1v) is 7.92. The molecule has 5 nitrogen and oxygen atoms in total. The highest BCUT2D eigenvalue weighted by atomic mass is 16.5. The maximum Gasteiger partial charge on any atom is 0.223 e. The van der Waals surface area contributed by atoms with Gasteiger partial charge in [0.15, 0.2) is 0 Å². The Morgan fingerprint density at radius 1 is 1.19 bits per heavy atom. The smallest absolute Gasteiger partial charge is 0.223 e. The molecule has 1 aliphatic rings. The Morgan fingerprint density at radius 2 is 1.81 bits per heavy atom. The van der Waals surface area contributed by atoms with E-state index in [1.165, 1.54) is 6.42 Å². The van der Waals surface area contributed by atoms with Gasteiger partial charge in [-0.1, -0.05) is 13.8 Å². The predicted molar refractivity (Wildman–Crippen MR) is 85.6 cm³/mol. The second-order valence-corrected chi connectivity index (χ2v) is 6.29. The molecule has 1 atom stereocenters. The third-order valence-electron chi connectivity index (χ3n) is 3.78. The molecule has 118 valence electrons. The van der Waals surface area contributed by atoms with Crippen LogP contribution in [-0.4, -0.2) is 53.8 Å². The summed E-state index contributed by atoms with van der Waals surface area (Å²) in [6.07, 6.45) is 1.18. The molecule has 1 fully saturated rings. The molecule has 0 bridgehead atoms. The maximum absolute atomic E-state index is 5.46. The largest absolute Gasteiger partial charge is 0.379 e. The third kappa shape index (κ3) is 5.25. The van der Waals surface area contributed by atoms with Crippen molar-refractivity contribution < 1.29 is 4.74 Å². The number of anilines is 1. The number of aryl methyl sites for hydroxylation is 2. The number of morpholine rings is 1. The molecule has 0 saturated carbocycles. The molecular formula is C16H28N4O. The first kappa shape index (κ1) is 16.2. The van der Waals surface area contributed by atoms with Crippen LogP contribution < -0.4 is 5.32 Å². The molecule has 0 radical (unpaired) electrons. The van der Waals surface area contributed by atoms with Crippen molar-refractivity contribution in [1.29, 1.82) is 0 Å². The summed E-state index contributed by atoms with van der Waals surface area (Å²) in [7, 11) is 0. The van der Waals surface area contributed by atoms with Crippen LogP contribution in [0.15, 0.2) is 6.07 Å². The van der Waals surface area contributed by atoms with Crippen molar-refractivity contribution in [3.63, 3.8) is 0 Å². The van der Waals surface area contributed by atoms with Crippen molar-refractivity contribution in [2.24, 2.45) is 5.92 Å². The van der Waals surface area contributed by atoms with Crippen molar-refractivity contribution in [2.45, 2.75) is 40.2 Å². The van der Waals surface area contributed by atoms with E-state index >= 15 is 0 Å². The topological polar surface area (TPSA) is 50.3 Å². The lowest BCUT2D eigenvalue weighted by molar-refractivity contribution is 0.0150. The van der Waals surface area contributed by atoms with Crippen LogP contribution >= 0.6 is 0 Å². The van der Waals surface area contributed by atoms with Crippen molar-refractivity contribution in [3.05, 3.63) is 17.5 Å². The zero-order chi connectivity index (χ0) is 15.2. The zero-order valence-electron chi connectivity index (χ0n) is 13.7. The minimum absolute atomic E-state index is 0.512. The monoisotopic (exact) mass is 292 g/mol. The Morgan fingerprint density at radius 3 is 2.38 bits per heavy atom. The number of hydrogen-bond donors (Lipinski definition) is 1. The Kier molecular flexibility index (Phi) is 5.94. The fourth-order valence-corrected chi connectivity index (χ4v) is 2.86. The van der Waals surface area contributed by atoms with Gasteiger partial charge in [0.25, 0.3) is 0 Å². The second-order valence-electron chi connectivity index (χ2n) is 6.29. The molecule has 21 heavy (non-hydrogen) atoms. The fourth-order valence-electron chi connectivity index (χ4n) is 2.86. The first-order chi connectivity index (χ1) is 10.0.